The summed E-state index contributed by atoms with van der Waals surface area (Å²) in [5.41, 5.74) is 4.53. The summed E-state index contributed by atoms with van der Waals surface area (Å²) in [4.78, 5) is 17.7. The lowest BCUT2D eigenvalue weighted by Gasteiger charge is -2.26. The Balaban J connectivity index is 1.56. The quantitative estimate of drug-likeness (QED) is 0.481. The van der Waals surface area contributed by atoms with Crippen LogP contribution in [0.25, 0.3) is 11.0 Å². The number of nitrogens with one attached hydrogen (secondary N) is 1. The van der Waals surface area contributed by atoms with Gasteiger partial charge in [-0.1, -0.05) is 31.0 Å². The molecule has 0 atom stereocenters. The van der Waals surface area contributed by atoms with Crippen LogP contribution in [0.3, 0.4) is 0 Å². The van der Waals surface area contributed by atoms with Crippen molar-refractivity contribution in [3.05, 3.63) is 53.3 Å². The van der Waals surface area contributed by atoms with E-state index in [4.69, 9.17) is 9.72 Å². The van der Waals surface area contributed by atoms with Crippen LogP contribution in [0.2, 0.25) is 0 Å². The molecule has 1 fully saturated rings. The van der Waals surface area contributed by atoms with Crippen LogP contribution in [0.15, 0.2) is 41.3 Å². The first-order chi connectivity index (χ1) is 16.8. The molecule has 0 radical (unpaired) electrons. The molecule has 1 amide bonds. The van der Waals surface area contributed by atoms with Crippen molar-refractivity contribution in [1.82, 2.24) is 13.9 Å². The molecule has 4 rings (SSSR count). The Bertz CT molecular complexity index is 1310. The second-order valence-corrected chi connectivity index (χ2v) is 11.0. The van der Waals surface area contributed by atoms with E-state index in [1.807, 2.05) is 38.1 Å². The number of nitrogens with zero attached hydrogens (tertiary/aromatic N) is 3. The van der Waals surface area contributed by atoms with Crippen LogP contribution in [0.5, 0.6) is 0 Å². The first-order valence-corrected chi connectivity index (χ1v) is 13.7. The van der Waals surface area contributed by atoms with E-state index in [0.29, 0.717) is 44.7 Å². The number of unbranched alkanes of at least 4 members (excludes halogenated alkanes) is 1. The maximum absolute atomic E-state index is 13.1. The molecule has 1 N–H and O–H groups in total. The minimum absolute atomic E-state index is 0.0679. The first kappa shape index (κ1) is 25.3. The largest absolute Gasteiger partial charge is 0.379 e. The zero-order valence-corrected chi connectivity index (χ0v) is 21.5. The number of ether oxygens (including phenoxy) is 1. The topological polar surface area (TPSA) is 93.5 Å². The molecule has 2 aromatic carbocycles. The van der Waals surface area contributed by atoms with Gasteiger partial charge in [-0.05, 0) is 50.1 Å². The summed E-state index contributed by atoms with van der Waals surface area (Å²) in [6.07, 6.45) is 2.76. The first-order valence-electron chi connectivity index (χ1n) is 12.2. The molecule has 35 heavy (non-hydrogen) atoms. The number of amides is 1. The number of sulfonamides is 1. The van der Waals surface area contributed by atoms with Crippen molar-refractivity contribution in [2.45, 2.75) is 57.9 Å². The number of aryl methyl sites for hydroxylation is 4. The third-order valence-corrected chi connectivity index (χ3v) is 8.27. The Morgan fingerprint density at radius 1 is 1.11 bits per heavy atom. The fourth-order valence-corrected chi connectivity index (χ4v) is 5.83. The summed E-state index contributed by atoms with van der Waals surface area (Å²) in [5, 5.41) is 3.00. The van der Waals surface area contributed by atoms with Crippen LogP contribution >= 0.6 is 0 Å². The highest BCUT2D eigenvalue weighted by atomic mass is 32.2. The van der Waals surface area contributed by atoms with Crippen molar-refractivity contribution in [3.8, 4) is 0 Å². The van der Waals surface area contributed by atoms with E-state index in [-0.39, 0.29) is 10.8 Å². The number of benzene rings is 2. The molecule has 1 aliphatic rings. The van der Waals surface area contributed by atoms with Gasteiger partial charge < -0.3 is 14.6 Å². The van der Waals surface area contributed by atoms with Gasteiger partial charge in [-0.2, -0.15) is 4.31 Å². The fourth-order valence-electron chi connectivity index (χ4n) is 4.40. The standard InChI is InChI=1S/C26H34N4O4S/c1-4-5-12-30-24-9-7-21(35(32,33)29-13-15-34-16-14-29)18-23(24)27-25(30)10-11-26(31)28-22-8-6-19(2)17-20(22)3/h6-9,17-18H,4-5,10-16H2,1-3H3,(H,28,31). The highest BCUT2D eigenvalue weighted by Gasteiger charge is 2.27. The summed E-state index contributed by atoms with van der Waals surface area (Å²) >= 11 is 0. The van der Waals surface area contributed by atoms with E-state index in [9.17, 15) is 13.2 Å². The molecule has 1 aliphatic heterocycles. The molecule has 2 heterocycles. The number of anilines is 1. The van der Waals surface area contributed by atoms with Gasteiger partial charge in [-0.15, -0.1) is 0 Å². The summed E-state index contributed by atoms with van der Waals surface area (Å²) < 4.78 is 35.1. The number of hydrogen-bond donors (Lipinski definition) is 1. The van der Waals surface area contributed by atoms with Gasteiger partial charge in [0.2, 0.25) is 15.9 Å². The molecule has 0 saturated carbocycles. The van der Waals surface area contributed by atoms with E-state index in [1.165, 1.54) is 4.31 Å². The monoisotopic (exact) mass is 498 g/mol. The number of imidazole rings is 1. The van der Waals surface area contributed by atoms with E-state index < -0.39 is 10.0 Å². The normalized spacial score (nSPS) is 14.9. The molecule has 8 nitrogen and oxygen atoms in total. The summed E-state index contributed by atoms with van der Waals surface area (Å²) in [6, 6.07) is 11.1. The maximum Gasteiger partial charge on any atom is 0.243 e. The number of fused-ring (bicyclic) bond motifs is 1. The Kier molecular flexibility index (Phi) is 7.88. The van der Waals surface area contributed by atoms with Crippen molar-refractivity contribution in [2.75, 3.05) is 31.6 Å². The molecule has 188 valence electrons. The predicted octanol–water partition coefficient (Wildman–Crippen LogP) is 4.05. The summed E-state index contributed by atoms with van der Waals surface area (Å²) in [5.74, 6) is 0.729. The molecule has 0 aliphatic carbocycles. The number of morpholine rings is 1. The highest BCUT2D eigenvalue weighted by molar-refractivity contribution is 7.89. The van der Waals surface area contributed by atoms with E-state index in [0.717, 1.165) is 47.5 Å². The number of carbonyl (C=O) groups is 1. The Labute approximate surface area is 207 Å². The number of rotatable bonds is 9. The Morgan fingerprint density at radius 3 is 2.60 bits per heavy atom. The summed E-state index contributed by atoms with van der Waals surface area (Å²) in [6.45, 7) is 8.42. The van der Waals surface area contributed by atoms with Gasteiger partial charge in [-0.25, -0.2) is 13.4 Å². The molecular formula is C26H34N4O4S. The van der Waals surface area contributed by atoms with E-state index >= 15 is 0 Å². The van der Waals surface area contributed by atoms with Gasteiger partial charge in [0.05, 0.1) is 29.1 Å². The lowest BCUT2D eigenvalue weighted by Crippen LogP contribution is -2.40. The molecule has 9 heteroatoms. The minimum Gasteiger partial charge on any atom is -0.379 e. The number of aromatic nitrogens is 2. The molecule has 1 aromatic heterocycles. The average molecular weight is 499 g/mol. The zero-order valence-electron chi connectivity index (χ0n) is 20.7. The van der Waals surface area contributed by atoms with Gasteiger partial charge >= 0.3 is 0 Å². The van der Waals surface area contributed by atoms with Gasteiger partial charge in [-0.3, -0.25) is 4.79 Å². The van der Waals surface area contributed by atoms with Crippen molar-refractivity contribution >= 4 is 32.7 Å². The van der Waals surface area contributed by atoms with E-state index in [1.54, 1.807) is 12.1 Å². The van der Waals surface area contributed by atoms with Crippen molar-refractivity contribution in [3.63, 3.8) is 0 Å². The minimum atomic E-state index is -3.60. The van der Waals surface area contributed by atoms with Crippen LogP contribution in [-0.2, 0) is 32.5 Å². The molecule has 0 spiro atoms. The zero-order chi connectivity index (χ0) is 25.0. The Morgan fingerprint density at radius 2 is 1.89 bits per heavy atom. The SMILES string of the molecule is CCCCn1c(CCC(=O)Nc2ccc(C)cc2C)nc2cc(S(=O)(=O)N3CCOCC3)ccc21. The lowest BCUT2D eigenvalue weighted by atomic mass is 10.1. The third-order valence-electron chi connectivity index (χ3n) is 6.37. The smallest absolute Gasteiger partial charge is 0.243 e. The Hall–Kier alpha value is -2.75. The molecule has 0 unspecified atom stereocenters. The molecular weight excluding hydrogens is 464 g/mol. The van der Waals surface area contributed by atoms with Crippen LogP contribution in [-0.4, -0.2) is 54.5 Å². The lowest BCUT2D eigenvalue weighted by molar-refractivity contribution is -0.116. The van der Waals surface area contributed by atoms with Gasteiger partial charge in [0.1, 0.15) is 5.82 Å². The summed E-state index contributed by atoms with van der Waals surface area (Å²) in [7, 11) is -3.60. The van der Waals surface area contributed by atoms with Crippen molar-refractivity contribution in [2.24, 2.45) is 0 Å². The molecule has 1 saturated heterocycles. The average Bonchev–Trinajstić information content (AvgIpc) is 3.20. The van der Waals surface area contributed by atoms with Crippen LogP contribution in [0, 0.1) is 13.8 Å². The number of hydrogen-bond acceptors (Lipinski definition) is 5. The number of carbonyl (C=O) groups excluding carboxylic acids is 1. The van der Waals surface area contributed by atoms with Crippen LogP contribution < -0.4 is 5.32 Å². The molecule has 3 aromatic rings. The van der Waals surface area contributed by atoms with Gasteiger partial charge in [0, 0.05) is 38.2 Å². The van der Waals surface area contributed by atoms with Crippen molar-refractivity contribution in [1.29, 1.82) is 0 Å². The van der Waals surface area contributed by atoms with Crippen molar-refractivity contribution < 1.29 is 17.9 Å². The second-order valence-electron chi connectivity index (χ2n) is 9.07. The van der Waals surface area contributed by atoms with Gasteiger partial charge in [0.15, 0.2) is 0 Å². The maximum atomic E-state index is 13.1. The van der Waals surface area contributed by atoms with Gasteiger partial charge in [0.25, 0.3) is 0 Å². The van der Waals surface area contributed by atoms with Crippen LogP contribution in [0.4, 0.5) is 5.69 Å². The highest BCUT2D eigenvalue weighted by Crippen LogP contribution is 2.25. The fraction of sp³-hybridized carbons (Fsp3) is 0.462. The molecule has 0 bridgehead atoms. The van der Waals surface area contributed by atoms with E-state index in [2.05, 4.69) is 16.8 Å². The third kappa shape index (κ3) is 5.74. The predicted molar refractivity (Wildman–Crippen MR) is 137 cm³/mol. The van der Waals surface area contributed by atoms with Crippen LogP contribution in [0.1, 0.15) is 43.1 Å². The second kappa shape index (κ2) is 10.9.